The summed E-state index contributed by atoms with van der Waals surface area (Å²) in [6.07, 6.45) is 4.62. The summed E-state index contributed by atoms with van der Waals surface area (Å²) >= 11 is 0. The number of ether oxygens (including phenoxy) is 1. The van der Waals surface area contributed by atoms with Crippen molar-refractivity contribution < 1.29 is 9.53 Å². The lowest BCUT2D eigenvalue weighted by atomic mass is 9.96. The van der Waals surface area contributed by atoms with Crippen molar-refractivity contribution in [3.8, 4) is 5.75 Å². The SMILES string of the molecule is CCCC(C)(N)C(=O)Nc1cnccc1OC.Cl.Cl. The van der Waals surface area contributed by atoms with Gasteiger partial charge in [0.05, 0.1) is 18.8 Å². The molecule has 0 fully saturated rings. The van der Waals surface area contributed by atoms with Crippen molar-refractivity contribution in [2.24, 2.45) is 5.73 Å². The van der Waals surface area contributed by atoms with Gasteiger partial charge in [0.2, 0.25) is 5.91 Å². The molecule has 19 heavy (non-hydrogen) atoms. The normalized spacial score (nSPS) is 12.4. The Kier molecular flexibility index (Phi) is 9.56. The zero-order valence-electron chi connectivity index (χ0n) is 11.3. The van der Waals surface area contributed by atoms with E-state index in [1.54, 1.807) is 32.5 Å². The number of aromatic nitrogens is 1. The zero-order valence-corrected chi connectivity index (χ0v) is 12.9. The van der Waals surface area contributed by atoms with Gasteiger partial charge >= 0.3 is 0 Å². The second kappa shape index (κ2) is 8.96. The van der Waals surface area contributed by atoms with Gasteiger partial charge in [-0.2, -0.15) is 0 Å². The number of hydrogen-bond acceptors (Lipinski definition) is 4. The van der Waals surface area contributed by atoms with Crippen LogP contribution >= 0.6 is 24.8 Å². The molecular weight excluding hydrogens is 289 g/mol. The van der Waals surface area contributed by atoms with Gasteiger partial charge in [-0.15, -0.1) is 24.8 Å². The smallest absolute Gasteiger partial charge is 0.244 e. The molecule has 0 spiro atoms. The van der Waals surface area contributed by atoms with E-state index < -0.39 is 5.54 Å². The van der Waals surface area contributed by atoms with Crippen molar-refractivity contribution in [2.45, 2.75) is 32.2 Å². The summed E-state index contributed by atoms with van der Waals surface area (Å²) in [5, 5.41) is 2.74. The Morgan fingerprint density at radius 3 is 2.68 bits per heavy atom. The molecule has 1 unspecified atom stereocenters. The Bertz CT molecular complexity index is 400. The fourth-order valence-corrected chi connectivity index (χ4v) is 1.55. The Hall–Kier alpha value is -1.04. The number of carbonyl (C=O) groups is 1. The first-order valence-electron chi connectivity index (χ1n) is 5.59. The van der Waals surface area contributed by atoms with E-state index in [2.05, 4.69) is 10.3 Å². The third-order valence-corrected chi connectivity index (χ3v) is 2.54. The van der Waals surface area contributed by atoms with E-state index >= 15 is 0 Å². The molecule has 0 aliphatic heterocycles. The van der Waals surface area contributed by atoms with Crippen LogP contribution in [0.25, 0.3) is 0 Å². The molecule has 0 saturated heterocycles. The second-order valence-electron chi connectivity index (χ2n) is 4.20. The molecule has 0 bridgehead atoms. The summed E-state index contributed by atoms with van der Waals surface area (Å²) in [7, 11) is 1.54. The van der Waals surface area contributed by atoms with Crippen LogP contribution in [0.5, 0.6) is 5.75 Å². The summed E-state index contributed by atoms with van der Waals surface area (Å²) in [6.45, 7) is 3.71. The van der Waals surface area contributed by atoms with E-state index in [9.17, 15) is 4.79 Å². The number of nitrogens with zero attached hydrogens (tertiary/aromatic N) is 1. The standard InChI is InChI=1S/C12H19N3O2.2ClH/c1-4-6-12(2,13)11(16)15-9-8-14-7-5-10(9)17-3;;/h5,7-8H,4,6,13H2,1-3H3,(H,15,16);2*1H. The Morgan fingerprint density at radius 1 is 1.53 bits per heavy atom. The quantitative estimate of drug-likeness (QED) is 0.875. The average Bonchev–Trinajstić information content (AvgIpc) is 2.29. The maximum atomic E-state index is 12.0. The highest BCUT2D eigenvalue weighted by Gasteiger charge is 2.27. The van der Waals surface area contributed by atoms with Gasteiger partial charge in [0.15, 0.2) is 0 Å². The molecule has 0 radical (unpaired) electrons. The van der Waals surface area contributed by atoms with Gasteiger partial charge in [-0.3, -0.25) is 9.78 Å². The van der Waals surface area contributed by atoms with Crippen molar-refractivity contribution in [2.75, 3.05) is 12.4 Å². The molecule has 3 N–H and O–H groups in total. The lowest BCUT2D eigenvalue weighted by Gasteiger charge is -2.23. The predicted octanol–water partition coefficient (Wildman–Crippen LogP) is 2.39. The van der Waals surface area contributed by atoms with Crippen LogP contribution in [0.15, 0.2) is 18.5 Å². The molecule has 0 aromatic carbocycles. The summed E-state index contributed by atoms with van der Waals surface area (Å²) in [4.78, 5) is 15.9. The van der Waals surface area contributed by atoms with E-state index in [4.69, 9.17) is 10.5 Å². The van der Waals surface area contributed by atoms with Crippen LogP contribution in [-0.2, 0) is 4.79 Å². The molecule has 1 aromatic rings. The minimum atomic E-state index is -0.879. The minimum Gasteiger partial charge on any atom is -0.494 e. The first kappa shape index (κ1) is 20.3. The number of nitrogens with two attached hydrogens (primary N) is 1. The Labute approximate surface area is 126 Å². The van der Waals surface area contributed by atoms with Gasteiger partial charge in [0.1, 0.15) is 11.4 Å². The number of amides is 1. The number of pyridine rings is 1. The van der Waals surface area contributed by atoms with Gasteiger partial charge in [-0.25, -0.2) is 0 Å². The molecule has 1 amide bonds. The summed E-state index contributed by atoms with van der Waals surface area (Å²) in [5.74, 6) is 0.339. The zero-order chi connectivity index (χ0) is 12.9. The maximum absolute atomic E-state index is 12.0. The van der Waals surface area contributed by atoms with E-state index in [1.807, 2.05) is 6.92 Å². The highest BCUT2D eigenvalue weighted by atomic mass is 35.5. The molecule has 7 heteroatoms. The second-order valence-corrected chi connectivity index (χ2v) is 4.20. The van der Waals surface area contributed by atoms with Gasteiger partial charge < -0.3 is 15.8 Å². The summed E-state index contributed by atoms with van der Waals surface area (Å²) in [6, 6.07) is 1.68. The lowest BCUT2D eigenvalue weighted by molar-refractivity contribution is -0.120. The Balaban J connectivity index is 0. The predicted molar refractivity (Wildman–Crippen MR) is 81.4 cm³/mol. The first-order chi connectivity index (χ1) is 8.01. The Morgan fingerprint density at radius 2 is 2.16 bits per heavy atom. The van der Waals surface area contributed by atoms with E-state index in [-0.39, 0.29) is 30.7 Å². The fourth-order valence-electron chi connectivity index (χ4n) is 1.55. The van der Waals surface area contributed by atoms with Gasteiger partial charge in [0, 0.05) is 12.3 Å². The monoisotopic (exact) mass is 309 g/mol. The molecule has 1 heterocycles. The highest BCUT2D eigenvalue weighted by molar-refractivity contribution is 5.98. The van der Waals surface area contributed by atoms with Crippen molar-refractivity contribution in [3.05, 3.63) is 18.5 Å². The molecule has 5 nitrogen and oxygen atoms in total. The fraction of sp³-hybridized carbons (Fsp3) is 0.500. The van der Waals surface area contributed by atoms with E-state index in [1.165, 1.54) is 0 Å². The summed E-state index contributed by atoms with van der Waals surface area (Å²) in [5.41, 5.74) is 5.59. The number of rotatable bonds is 5. The number of anilines is 1. The van der Waals surface area contributed by atoms with Crippen molar-refractivity contribution in [3.63, 3.8) is 0 Å². The van der Waals surface area contributed by atoms with Crippen molar-refractivity contribution >= 4 is 36.4 Å². The average molecular weight is 310 g/mol. The highest BCUT2D eigenvalue weighted by Crippen LogP contribution is 2.23. The van der Waals surface area contributed by atoms with Gasteiger partial charge in [0.25, 0.3) is 0 Å². The molecule has 1 rings (SSSR count). The van der Waals surface area contributed by atoms with Crippen LogP contribution in [0.1, 0.15) is 26.7 Å². The largest absolute Gasteiger partial charge is 0.494 e. The molecule has 110 valence electrons. The topological polar surface area (TPSA) is 77.2 Å². The summed E-state index contributed by atoms with van der Waals surface area (Å²) < 4.78 is 5.12. The lowest BCUT2D eigenvalue weighted by Crippen LogP contribution is -2.48. The van der Waals surface area contributed by atoms with Crippen LogP contribution in [0.2, 0.25) is 0 Å². The van der Waals surface area contributed by atoms with Crippen molar-refractivity contribution in [1.29, 1.82) is 0 Å². The molecular formula is C12H21Cl2N3O2. The van der Waals surface area contributed by atoms with Crippen LogP contribution in [0, 0.1) is 0 Å². The van der Waals surface area contributed by atoms with Crippen LogP contribution in [0.3, 0.4) is 0 Å². The van der Waals surface area contributed by atoms with Crippen molar-refractivity contribution in [1.82, 2.24) is 4.98 Å². The third-order valence-electron chi connectivity index (χ3n) is 2.54. The number of methoxy groups -OCH3 is 1. The molecule has 1 aromatic heterocycles. The van der Waals surface area contributed by atoms with Gasteiger partial charge in [-0.05, 0) is 13.3 Å². The van der Waals surface area contributed by atoms with Crippen LogP contribution in [0.4, 0.5) is 5.69 Å². The molecule has 0 aliphatic carbocycles. The number of halogens is 2. The number of carbonyl (C=O) groups excluding carboxylic acids is 1. The van der Waals surface area contributed by atoms with Crippen LogP contribution in [-0.4, -0.2) is 23.5 Å². The van der Waals surface area contributed by atoms with Gasteiger partial charge in [-0.1, -0.05) is 13.3 Å². The molecule has 1 atom stereocenters. The van der Waals surface area contributed by atoms with Crippen LogP contribution < -0.4 is 15.8 Å². The minimum absolute atomic E-state index is 0. The maximum Gasteiger partial charge on any atom is 0.244 e. The number of nitrogens with one attached hydrogen (secondary N) is 1. The molecule has 0 aliphatic rings. The third kappa shape index (κ3) is 5.63. The number of hydrogen-bond donors (Lipinski definition) is 2. The van der Waals surface area contributed by atoms with E-state index in [0.717, 1.165) is 6.42 Å². The molecule has 0 saturated carbocycles. The van der Waals surface area contributed by atoms with E-state index in [0.29, 0.717) is 17.9 Å². The first-order valence-corrected chi connectivity index (χ1v) is 5.59.